The second-order valence-corrected chi connectivity index (χ2v) is 7.71. The lowest BCUT2D eigenvalue weighted by Gasteiger charge is -2.28. The molecule has 0 aromatic heterocycles. The van der Waals surface area contributed by atoms with Crippen LogP contribution in [0.4, 0.5) is 4.79 Å². The number of ether oxygens (including phenoxy) is 1. The van der Waals surface area contributed by atoms with Crippen molar-refractivity contribution >= 4 is 28.7 Å². The van der Waals surface area contributed by atoms with Gasteiger partial charge in [0.2, 0.25) is 0 Å². The van der Waals surface area contributed by atoms with E-state index in [0.29, 0.717) is 5.75 Å². The molecule has 0 heterocycles. The van der Waals surface area contributed by atoms with Crippen LogP contribution in [0.5, 0.6) is 5.75 Å². The molecule has 3 aromatic carbocycles. The van der Waals surface area contributed by atoms with Crippen LogP contribution in [-0.4, -0.2) is 11.3 Å². The molecule has 0 atom stereocenters. The third-order valence-corrected chi connectivity index (χ3v) is 5.47. The zero-order valence-corrected chi connectivity index (χ0v) is 16.7. The Morgan fingerprint density at radius 1 is 0.962 bits per heavy atom. The van der Waals surface area contributed by atoms with Crippen LogP contribution in [0.25, 0.3) is 11.1 Å². The molecule has 3 aromatic rings. The van der Waals surface area contributed by atoms with Crippen molar-refractivity contribution in [3.8, 4) is 16.9 Å². The second-order valence-electron chi connectivity index (χ2n) is 6.55. The summed E-state index contributed by atoms with van der Waals surface area (Å²) in [6, 6.07) is 23.7. The van der Waals surface area contributed by atoms with E-state index in [-0.39, 0.29) is 5.41 Å². The molecular weight excluding hydrogens is 439 g/mol. The summed E-state index contributed by atoms with van der Waals surface area (Å²) in [7, 11) is 0. The van der Waals surface area contributed by atoms with Crippen LogP contribution in [0.1, 0.15) is 25.0 Å². The first-order chi connectivity index (χ1) is 12.4. The minimum absolute atomic E-state index is 0.233. The SMILES string of the molecule is CC(C)(c1ccc(OC(=O)O)c(-c2ccccc2)c1)c1ccccc1I. The Morgan fingerprint density at radius 2 is 1.62 bits per heavy atom. The van der Waals surface area contributed by atoms with Gasteiger partial charge < -0.3 is 9.84 Å². The summed E-state index contributed by atoms with van der Waals surface area (Å²) in [5, 5.41) is 9.06. The normalized spacial score (nSPS) is 11.2. The van der Waals surface area contributed by atoms with Gasteiger partial charge in [-0.3, -0.25) is 0 Å². The van der Waals surface area contributed by atoms with Gasteiger partial charge in [0, 0.05) is 14.5 Å². The first kappa shape index (κ1) is 18.5. The zero-order chi connectivity index (χ0) is 18.7. The van der Waals surface area contributed by atoms with Crippen molar-refractivity contribution in [1.82, 2.24) is 0 Å². The molecule has 0 spiro atoms. The van der Waals surface area contributed by atoms with Crippen molar-refractivity contribution < 1.29 is 14.6 Å². The van der Waals surface area contributed by atoms with E-state index in [0.717, 1.165) is 16.7 Å². The summed E-state index contributed by atoms with van der Waals surface area (Å²) in [6.45, 7) is 4.35. The van der Waals surface area contributed by atoms with Gasteiger partial charge in [0.05, 0.1) is 0 Å². The number of carboxylic acid groups (broad SMARTS) is 1. The molecule has 0 aliphatic carbocycles. The highest BCUT2D eigenvalue weighted by molar-refractivity contribution is 14.1. The number of benzene rings is 3. The van der Waals surface area contributed by atoms with Crippen LogP contribution in [0, 0.1) is 3.57 Å². The molecular formula is C22H19IO3. The molecule has 0 aliphatic heterocycles. The molecule has 132 valence electrons. The molecule has 3 nitrogen and oxygen atoms in total. The van der Waals surface area contributed by atoms with Gasteiger partial charge in [-0.25, -0.2) is 4.79 Å². The van der Waals surface area contributed by atoms with E-state index in [1.807, 2.05) is 54.6 Å². The third kappa shape index (κ3) is 3.75. The number of rotatable bonds is 4. The molecule has 0 saturated carbocycles. The fourth-order valence-corrected chi connectivity index (χ4v) is 4.13. The molecule has 26 heavy (non-hydrogen) atoms. The molecule has 0 radical (unpaired) electrons. The van der Waals surface area contributed by atoms with Crippen molar-refractivity contribution in [2.75, 3.05) is 0 Å². The number of hydrogen-bond donors (Lipinski definition) is 1. The van der Waals surface area contributed by atoms with Gasteiger partial charge in [0.25, 0.3) is 0 Å². The predicted molar refractivity (Wildman–Crippen MR) is 112 cm³/mol. The Balaban J connectivity index is 2.15. The molecule has 4 heteroatoms. The van der Waals surface area contributed by atoms with Gasteiger partial charge in [0.1, 0.15) is 5.75 Å². The van der Waals surface area contributed by atoms with Gasteiger partial charge in [-0.15, -0.1) is 0 Å². The van der Waals surface area contributed by atoms with Crippen molar-refractivity contribution in [3.63, 3.8) is 0 Å². The van der Waals surface area contributed by atoms with Crippen molar-refractivity contribution in [2.45, 2.75) is 19.3 Å². The van der Waals surface area contributed by atoms with Crippen molar-refractivity contribution in [2.24, 2.45) is 0 Å². The lowest BCUT2D eigenvalue weighted by Crippen LogP contribution is -2.20. The summed E-state index contributed by atoms with van der Waals surface area (Å²) >= 11 is 2.35. The fourth-order valence-electron chi connectivity index (χ4n) is 3.07. The topological polar surface area (TPSA) is 46.5 Å². The largest absolute Gasteiger partial charge is 0.511 e. The summed E-state index contributed by atoms with van der Waals surface area (Å²) in [5.41, 5.74) is 3.78. The highest BCUT2D eigenvalue weighted by Crippen LogP contribution is 2.39. The van der Waals surface area contributed by atoms with Crippen LogP contribution in [-0.2, 0) is 5.41 Å². The van der Waals surface area contributed by atoms with Gasteiger partial charge in [-0.2, -0.15) is 0 Å². The molecule has 0 bridgehead atoms. The van der Waals surface area contributed by atoms with Gasteiger partial charge in [0.15, 0.2) is 0 Å². The maximum atomic E-state index is 11.1. The first-order valence-corrected chi connectivity index (χ1v) is 9.33. The molecule has 3 rings (SSSR count). The summed E-state index contributed by atoms with van der Waals surface area (Å²) in [6.07, 6.45) is -1.31. The van der Waals surface area contributed by atoms with Crippen LogP contribution >= 0.6 is 22.6 Å². The summed E-state index contributed by atoms with van der Waals surface area (Å²) in [5.74, 6) is 0.339. The molecule has 0 fully saturated rings. The standard InChI is InChI=1S/C22H19IO3/c1-22(2,18-10-6-7-11-19(18)23)16-12-13-20(26-21(24)25)17(14-16)15-8-4-3-5-9-15/h3-14H,1-2H3,(H,24,25). The van der Waals surface area contributed by atoms with Crippen LogP contribution in [0.3, 0.4) is 0 Å². The van der Waals surface area contributed by atoms with Crippen molar-refractivity contribution in [3.05, 3.63) is 87.5 Å². The Bertz CT molecular complexity index is 933. The average Bonchev–Trinajstić information content (AvgIpc) is 2.62. The molecule has 0 saturated heterocycles. The summed E-state index contributed by atoms with van der Waals surface area (Å²) in [4.78, 5) is 11.1. The zero-order valence-electron chi connectivity index (χ0n) is 14.6. The van der Waals surface area contributed by atoms with Gasteiger partial charge in [-0.05, 0) is 57.5 Å². The highest BCUT2D eigenvalue weighted by atomic mass is 127. The number of carbonyl (C=O) groups is 1. The number of hydrogen-bond acceptors (Lipinski definition) is 2. The summed E-state index contributed by atoms with van der Waals surface area (Å²) < 4.78 is 6.21. The van der Waals surface area contributed by atoms with E-state index < -0.39 is 6.16 Å². The third-order valence-electron chi connectivity index (χ3n) is 4.53. The lowest BCUT2D eigenvalue weighted by molar-refractivity contribution is 0.144. The maximum Gasteiger partial charge on any atom is 0.511 e. The highest BCUT2D eigenvalue weighted by Gasteiger charge is 2.26. The van der Waals surface area contributed by atoms with Crippen molar-refractivity contribution in [1.29, 1.82) is 0 Å². The van der Waals surface area contributed by atoms with Crippen LogP contribution in [0.15, 0.2) is 72.8 Å². The lowest BCUT2D eigenvalue weighted by atomic mass is 9.77. The van der Waals surface area contributed by atoms with E-state index in [4.69, 9.17) is 9.84 Å². The quantitative estimate of drug-likeness (QED) is 0.282. The Hall–Kier alpha value is -2.34. The van der Waals surface area contributed by atoms with E-state index in [1.54, 1.807) is 6.07 Å². The maximum absolute atomic E-state index is 11.1. The second kappa shape index (κ2) is 7.50. The molecule has 0 aliphatic rings. The first-order valence-electron chi connectivity index (χ1n) is 8.25. The van der Waals surface area contributed by atoms with Crippen LogP contribution in [0.2, 0.25) is 0 Å². The number of halogens is 1. The van der Waals surface area contributed by atoms with Gasteiger partial charge in [-0.1, -0.05) is 68.4 Å². The van der Waals surface area contributed by atoms with E-state index >= 15 is 0 Å². The van der Waals surface area contributed by atoms with E-state index in [1.165, 1.54) is 9.13 Å². The smallest absolute Gasteiger partial charge is 0.449 e. The Kier molecular flexibility index (Phi) is 5.32. The average molecular weight is 458 g/mol. The molecule has 1 N–H and O–H groups in total. The monoisotopic (exact) mass is 458 g/mol. The predicted octanol–water partition coefficient (Wildman–Crippen LogP) is 6.34. The minimum Gasteiger partial charge on any atom is -0.449 e. The molecule has 0 amide bonds. The fraction of sp³-hybridized carbons (Fsp3) is 0.136. The van der Waals surface area contributed by atoms with E-state index in [9.17, 15) is 4.79 Å². The Morgan fingerprint density at radius 3 is 2.27 bits per heavy atom. The van der Waals surface area contributed by atoms with Gasteiger partial charge >= 0.3 is 6.16 Å². The van der Waals surface area contributed by atoms with Crippen LogP contribution < -0.4 is 4.74 Å². The molecule has 0 unspecified atom stereocenters. The minimum atomic E-state index is -1.31. The Labute approximate surface area is 166 Å². The van der Waals surface area contributed by atoms with E-state index in [2.05, 4.69) is 48.6 Å².